The van der Waals surface area contributed by atoms with E-state index in [2.05, 4.69) is 17.6 Å². The Balaban J connectivity index is 1.88. The van der Waals surface area contributed by atoms with Crippen molar-refractivity contribution < 1.29 is 14.3 Å². The summed E-state index contributed by atoms with van der Waals surface area (Å²) in [5, 5.41) is 5.44. The lowest BCUT2D eigenvalue weighted by atomic mass is 9.88. The van der Waals surface area contributed by atoms with Gasteiger partial charge in [-0.2, -0.15) is 0 Å². The number of nitrogens with one attached hydrogen (secondary N) is 2. The van der Waals surface area contributed by atoms with Gasteiger partial charge < -0.3 is 15.4 Å². The van der Waals surface area contributed by atoms with Gasteiger partial charge >= 0.3 is 0 Å². The Morgan fingerprint density at radius 2 is 1.91 bits per heavy atom. The summed E-state index contributed by atoms with van der Waals surface area (Å²) in [5.74, 6) is 0.253. The Labute approximate surface area is 137 Å². The van der Waals surface area contributed by atoms with E-state index in [1.165, 1.54) is 19.3 Å². The minimum Gasteiger partial charge on any atom is -0.368 e. The highest BCUT2D eigenvalue weighted by atomic mass is 16.5. The van der Waals surface area contributed by atoms with Gasteiger partial charge in [-0.3, -0.25) is 9.59 Å². The van der Waals surface area contributed by atoms with Gasteiger partial charge in [0.2, 0.25) is 11.8 Å². The molecule has 2 N–H and O–H groups in total. The molecule has 2 atom stereocenters. The van der Waals surface area contributed by atoms with Crippen LogP contribution < -0.4 is 10.6 Å². The van der Waals surface area contributed by atoms with Crippen LogP contribution in [0.25, 0.3) is 0 Å². The van der Waals surface area contributed by atoms with Crippen LogP contribution in [0.4, 0.5) is 5.69 Å². The van der Waals surface area contributed by atoms with Gasteiger partial charge in [0, 0.05) is 12.7 Å². The number of benzene rings is 1. The van der Waals surface area contributed by atoms with Gasteiger partial charge in [0.05, 0.1) is 12.5 Å². The third kappa shape index (κ3) is 5.36. The summed E-state index contributed by atoms with van der Waals surface area (Å²) in [6, 6.07) is 7.34. The monoisotopic (exact) mass is 318 g/mol. The predicted octanol–water partition coefficient (Wildman–Crippen LogP) is 2.51. The average Bonchev–Trinajstić information content (AvgIpc) is 2.56. The fourth-order valence-corrected chi connectivity index (χ4v) is 2.96. The Bertz CT molecular complexity index is 545. The molecule has 1 aromatic carbocycles. The quantitative estimate of drug-likeness (QED) is 0.847. The fourth-order valence-electron chi connectivity index (χ4n) is 2.96. The van der Waals surface area contributed by atoms with Crippen molar-refractivity contribution in [1.29, 1.82) is 0 Å². The van der Waals surface area contributed by atoms with Crippen molar-refractivity contribution in [3.63, 3.8) is 0 Å². The highest BCUT2D eigenvalue weighted by Gasteiger charge is 2.22. The number of amides is 2. The summed E-state index contributed by atoms with van der Waals surface area (Å²) in [7, 11) is 1.60. The number of hydrogen-bond donors (Lipinski definition) is 2. The molecular weight excluding hydrogens is 292 g/mol. The summed E-state index contributed by atoms with van der Waals surface area (Å²) < 4.78 is 5.78. The van der Waals surface area contributed by atoms with E-state index in [0.717, 1.165) is 12.0 Å². The third-order valence-corrected chi connectivity index (χ3v) is 4.38. The molecule has 0 radical (unpaired) electrons. The Kier molecular flexibility index (Phi) is 6.59. The zero-order valence-electron chi connectivity index (χ0n) is 13.9. The van der Waals surface area contributed by atoms with Gasteiger partial charge in [-0.25, -0.2) is 0 Å². The van der Waals surface area contributed by atoms with E-state index >= 15 is 0 Å². The number of anilines is 1. The SMILES string of the molecule is CNC(=O)Cc1ccccc1NC(=O)CO[C@@H]1CCCC[C@H]1C. The van der Waals surface area contributed by atoms with Gasteiger partial charge in [-0.05, 0) is 30.4 Å². The van der Waals surface area contributed by atoms with E-state index in [-0.39, 0.29) is 30.9 Å². The molecule has 0 saturated heterocycles. The molecule has 23 heavy (non-hydrogen) atoms. The highest BCUT2D eigenvalue weighted by Crippen LogP contribution is 2.26. The molecule has 5 nitrogen and oxygen atoms in total. The standard InChI is InChI=1S/C18H26N2O3/c1-13-7-3-6-10-16(13)23-12-18(22)20-15-9-5-4-8-14(15)11-17(21)19-2/h4-5,8-9,13,16H,3,6-7,10-12H2,1-2H3,(H,19,21)(H,20,22)/t13-,16-/m1/s1. The van der Waals surface area contributed by atoms with Crippen molar-refractivity contribution in [1.82, 2.24) is 5.32 Å². The van der Waals surface area contributed by atoms with E-state index in [1.807, 2.05) is 18.2 Å². The molecule has 0 heterocycles. The minimum atomic E-state index is -0.174. The first-order valence-corrected chi connectivity index (χ1v) is 8.30. The number of hydrogen-bond acceptors (Lipinski definition) is 3. The van der Waals surface area contributed by atoms with Crippen molar-refractivity contribution in [3.05, 3.63) is 29.8 Å². The number of carbonyl (C=O) groups is 2. The van der Waals surface area contributed by atoms with Crippen LogP contribution >= 0.6 is 0 Å². The van der Waals surface area contributed by atoms with Crippen LogP contribution in [0.1, 0.15) is 38.2 Å². The first-order chi connectivity index (χ1) is 11.1. The first-order valence-electron chi connectivity index (χ1n) is 8.30. The third-order valence-electron chi connectivity index (χ3n) is 4.38. The molecular formula is C18H26N2O3. The smallest absolute Gasteiger partial charge is 0.250 e. The number of likely N-dealkylation sites (N-methyl/N-ethyl adjacent to an activating group) is 1. The number of carbonyl (C=O) groups excluding carboxylic acids is 2. The Hall–Kier alpha value is -1.88. The lowest BCUT2D eigenvalue weighted by Crippen LogP contribution is -2.30. The van der Waals surface area contributed by atoms with Gasteiger partial charge in [-0.1, -0.05) is 38.0 Å². The van der Waals surface area contributed by atoms with Crippen LogP contribution in [-0.4, -0.2) is 31.6 Å². The van der Waals surface area contributed by atoms with Gasteiger partial charge in [0.15, 0.2) is 0 Å². The highest BCUT2D eigenvalue weighted by molar-refractivity contribution is 5.93. The van der Waals surface area contributed by atoms with E-state index in [4.69, 9.17) is 4.74 Å². The van der Waals surface area contributed by atoms with Crippen molar-refractivity contribution >= 4 is 17.5 Å². The molecule has 0 spiro atoms. The predicted molar refractivity (Wildman–Crippen MR) is 90.2 cm³/mol. The summed E-state index contributed by atoms with van der Waals surface area (Å²) in [5.41, 5.74) is 1.47. The summed E-state index contributed by atoms with van der Waals surface area (Å²) >= 11 is 0. The lowest BCUT2D eigenvalue weighted by Gasteiger charge is -2.28. The van der Waals surface area contributed by atoms with Crippen LogP contribution in [0.2, 0.25) is 0 Å². The lowest BCUT2D eigenvalue weighted by molar-refractivity contribution is -0.124. The molecule has 0 aliphatic heterocycles. The van der Waals surface area contributed by atoms with Crippen molar-refractivity contribution in [2.75, 3.05) is 19.0 Å². The molecule has 1 saturated carbocycles. The van der Waals surface area contributed by atoms with Crippen LogP contribution in [0.15, 0.2) is 24.3 Å². The molecule has 5 heteroatoms. The molecule has 1 aromatic rings. The largest absolute Gasteiger partial charge is 0.368 e. The van der Waals surface area contributed by atoms with Crippen LogP contribution in [-0.2, 0) is 20.7 Å². The van der Waals surface area contributed by atoms with Crippen LogP contribution in [0, 0.1) is 5.92 Å². The van der Waals surface area contributed by atoms with Crippen molar-refractivity contribution in [3.8, 4) is 0 Å². The summed E-state index contributed by atoms with van der Waals surface area (Å²) in [6.07, 6.45) is 5.04. The van der Waals surface area contributed by atoms with Crippen LogP contribution in [0.3, 0.4) is 0 Å². The first kappa shape index (κ1) is 17.5. The second kappa shape index (κ2) is 8.67. The van der Waals surface area contributed by atoms with E-state index in [0.29, 0.717) is 11.6 Å². The molecule has 1 fully saturated rings. The molecule has 1 aliphatic rings. The molecule has 0 aromatic heterocycles. The maximum absolute atomic E-state index is 12.1. The van der Waals surface area contributed by atoms with E-state index in [9.17, 15) is 9.59 Å². The summed E-state index contributed by atoms with van der Waals surface area (Å²) in [4.78, 5) is 23.7. The molecule has 126 valence electrons. The molecule has 1 aliphatic carbocycles. The second-order valence-electron chi connectivity index (χ2n) is 6.17. The number of para-hydroxylation sites is 1. The maximum atomic E-state index is 12.1. The second-order valence-corrected chi connectivity index (χ2v) is 6.17. The maximum Gasteiger partial charge on any atom is 0.250 e. The average molecular weight is 318 g/mol. The van der Waals surface area contributed by atoms with E-state index in [1.54, 1.807) is 13.1 Å². The van der Waals surface area contributed by atoms with Gasteiger partial charge in [-0.15, -0.1) is 0 Å². The van der Waals surface area contributed by atoms with Crippen molar-refractivity contribution in [2.24, 2.45) is 5.92 Å². The Morgan fingerprint density at radius 3 is 2.65 bits per heavy atom. The Morgan fingerprint density at radius 1 is 1.17 bits per heavy atom. The minimum absolute atomic E-state index is 0.0588. The number of ether oxygens (including phenoxy) is 1. The van der Waals surface area contributed by atoms with E-state index < -0.39 is 0 Å². The summed E-state index contributed by atoms with van der Waals surface area (Å²) in [6.45, 7) is 2.24. The molecule has 0 unspecified atom stereocenters. The van der Waals surface area contributed by atoms with Gasteiger partial charge in [0.25, 0.3) is 0 Å². The van der Waals surface area contributed by atoms with Crippen LogP contribution in [0.5, 0.6) is 0 Å². The molecule has 0 bridgehead atoms. The number of rotatable bonds is 6. The topological polar surface area (TPSA) is 67.4 Å². The fraction of sp³-hybridized carbons (Fsp3) is 0.556. The zero-order chi connectivity index (χ0) is 16.7. The molecule has 2 amide bonds. The van der Waals surface area contributed by atoms with Gasteiger partial charge in [0.1, 0.15) is 6.61 Å². The zero-order valence-corrected chi connectivity index (χ0v) is 13.9. The molecule has 2 rings (SSSR count). The normalized spacial score (nSPS) is 20.8. The van der Waals surface area contributed by atoms with Crippen molar-refractivity contribution in [2.45, 2.75) is 45.1 Å².